The second-order valence-electron chi connectivity index (χ2n) is 3.32. The molecule has 1 amide bonds. The Kier molecular flexibility index (Phi) is 2.47. The fourth-order valence-electron chi connectivity index (χ4n) is 1.61. The number of aliphatic hydroxyl groups is 1. The number of phenols is 1. The third kappa shape index (κ3) is 1.73. The van der Waals surface area contributed by atoms with Crippen molar-refractivity contribution in [3.05, 3.63) is 29.8 Å². The van der Waals surface area contributed by atoms with Crippen LogP contribution in [-0.4, -0.2) is 29.0 Å². The molecular formula is C10H11NO4. The monoisotopic (exact) mass is 209 g/mol. The Morgan fingerprint density at radius 2 is 2.13 bits per heavy atom. The molecule has 0 radical (unpaired) electrons. The molecule has 1 aromatic rings. The minimum absolute atomic E-state index is 0.0532. The number of carbonyl (C=O) groups excluding carboxylic acids is 1. The Balaban J connectivity index is 2.30. The maximum atomic E-state index is 11.0. The fourth-order valence-corrected chi connectivity index (χ4v) is 1.61. The lowest BCUT2D eigenvalue weighted by Gasteiger charge is -2.15. The number of ether oxygens (including phenoxy) is 1. The van der Waals surface area contributed by atoms with Gasteiger partial charge in [0.05, 0.1) is 12.6 Å². The van der Waals surface area contributed by atoms with Gasteiger partial charge in [0, 0.05) is 5.56 Å². The average Bonchev–Trinajstić information content (AvgIpc) is 2.60. The Hall–Kier alpha value is -1.75. The molecule has 3 N–H and O–H groups in total. The molecule has 2 unspecified atom stereocenters. The highest BCUT2D eigenvalue weighted by molar-refractivity contribution is 5.70. The summed E-state index contributed by atoms with van der Waals surface area (Å²) in [6.45, 7) is -0.231. The van der Waals surface area contributed by atoms with E-state index in [2.05, 4.69) is 5.32 Å². The number of hydrogen-bond donors (Lipinski definition) is 3. The van der Waals surface area contributed by atoms with Crippen LogP contribution in [0, 0.1) is 0 Å². The SMILES string of the molecule is O=C1NC(CO)C(c2ccccc2O)O1. The molecule has 0 bridgehead atoms. The summed E-state index contributed by atoms with van der Waals surface area (Å²) in [5.74, 6) is 0.0532. The van der Waals surface area contributed by atoms with Crippen LogP contribution in [0.5, 0.6) is 5.75 Å². The molecule has 1 aliphatic heterocycles. The Labute approximate surface area is 86.3 Å². The van der Waals surface area contributed by atoms with E-state index in [-0.39, 0.29) is 12.4 Å². The maximum Gasteiger partial charge on any atom is 0.408 e. The maximum absolute atomic E-state index is 11.0. The molecular weight excluding hydrogens is 198 g/mol. The van der Waals surface area contributed by atoms with Crippen molar-refractivity contribution in [2.75, 3.05) is 6.61 Å². The van der Waals surface area contributed by atoms with Crippen molar-refractivity contribution < 1.29 is 19.7 Å². The molecule has 1 aromatic carbocycles. The van der Waals surface area contributed by atoms with E-state index in [4.69, 9.17) is 9.84 Å². The zero-order chi connectivity index (χ0) is 10.8. The highest BCUT2D eigenvalue weighted by Gasteiger charge is 2.35. The summed E-state index contributed by atoms with van der Waals surface area (Å²) in [5.41, 5.74) is 0.495. The Morgan fingerprint density at radius 1 is 1.40 bits per heavy atom. The van der Waals surface area contributed by atoms with Gasteiger partial charge >= 0.3 is 6.09 Å². The number of aliphatic hydroxyl groups excluding tert-OH is 1. The minimum Gasteiger partial charge on any atom is -0.508 e. The largest absolute Gasteiger partial charge is 0.508 e. The number of carbonyl (C=O) groups is 1. The van der Waals surface area contributed by atoms with E-state index in [9.17, 15) is 9.90 Å². The van der Waals surface area contributed by atoms with E-state index in [1.54, 1.807) is 18.2 Å². The number of rotatable bonds is 2. The van der Waals surface area contributed by atoms with Crippen molar-refractivity contribution in [2.24, 2.45) is 0 Å². The number of phenolic OH excluding ortho intramolecular Hbond substituents is 1. The lowest BCUT2D eigenvalue weighted by atomic mass is 10.0. The lowest BCUT2D eigenvalue weighted by Crippen LogP contribution is -2.31. The zero-order valence-corrected chi connectivity index (χ0v) is 7.88. The van der Waals surface area contributed by atoms with Gasteiger partial charge in [-0.3, -0.25) is 0 Å². The fraction of sp³-hybridized carbons (Fsp3) is 0.300. The molecule has 0 spiro atoms. The first-order valence-electron chi connectivity index (χ1n) is 4.58. The van der Waals surface area contributed by atoms with E-state index in [1.165, 1.54) is 6.07 Å². The number of para-hydroxylation sites is 1. The molecule has 1 aliphatic rings. The van der Waals surface area contributed by atoms with Crippen LogP contribution in [0.2, 0.25) is 0 Å². The van der Waals surface area contributed by atoms with Crippen LogP contribution in [0.4, 0.5) is 4.79 Å². The van der Waals surface area contributed by atoms with Crippen molar-refractivity contribution in [3.63, 3.8) is 0 Å². The normalized spacial score (nSPS) is 24.7. The van der Waals surface area contributed by atoms with Crippen LogP contribution < -0.4 is 5.32 Å². The molecule has 1 heterocycles. The third-order valence-corrected chi connectivity index (χ3v) is 2.34. The lowest BCUT2D eigenvalue weighted by molar-refractivity contribution is 0.117. The first kappa shape index (κ1) is 9.79. The summed E-state index contributed by atoms with van der Waals surface area (Å²) < 4.78 is 4.96. The van der Waals surface area contributed by atoms with Crippen LogP contribution in [0.1, 0.15) is 11.7 Å². The van der Waals surface area contributed by atoms with Crippen molar-refractivity contribution in [1.82, 2.24) is 5.32 Å². The van der Waals surface area contributed by atoms with Gasteiger partial charge in [-0.1, -0.05) is 18.2 Å². The first-order valence-corrected chi connectivity index (χ1v) is 4.58. The van der Waals surface area contributed by atoms with E-state index in [0.717, 1.165) is 0 Å². The van der Waals surface area contributed by atoms with Crippen LogP contribution in [-0.2, 0) is 4.74 Å². The molecule has 5 heteroatoms. The van der Waals surface area contributed by atoms with E-state index in [0.29, 0.717) is 5.56 Å². The quantitative estimate of drug-likeness (QED) is 0.664. The van der Waals surface area contributed by atoms with Gasteiger partial charge in [-0.15, -0.1) is 0 Å². The molecule has 0 aliphatic carbocycles. The summed E-state index contributed by atoms with van der Waals surface area (Å²) in [4.78, 5) is 11.0. The average molecular weight is 209 g/mol. The van der Waals surface area contributed by atoms with Gasteiger partial charge in [0.2, 0.25) is 0 Å². The molecule has 15 heavy (non-hydrogen) atoms. The van der Waals surface area contributed by atoms with Gasteiger partial charge in [-0.2, -0.15) is 0 Å². The summed E-state index contributed by atoms with van der Waals surface area (Å²) in [7, 11) is 0. The van der Waals surface area contributed by atoms with Crippen LogP contribution in [0.15, 0.2) is 24.3 Å². The number of alkyl carbamates (subject to hydrolysis) is 1. The summed E-state index contributed by atoms with van der Waals surface area (Å²) in [6.07, 6.45) is -1.22. The van der Waals surface area contributed by atoms with Gasteiger partial charge in [-0.05, 0) is 6.07 Å². The smallest absolute Gasteiger partial charge is 0.408 e. The number of cyclic esters (lactones) is 1. The molecule has 0 saturated carbocycles. The predicted molar refractivity (Wildman–Crippen MR) is 51.3 cm³/mol. The Morgan fingerprint density at radius 3 is 2.80 bits per heavy atom. The van der Waals surface area contributed by atoms with Crippen molar-refractivity contribution in [3.8, 4) is 5.75 Å². The van der Waals surface area contributed by atoms with Crippen LogP contribution >= 0.6 is 0 Å². The van der Waals surface area contributed by atoms with Crippen molar-refractivity contribution in [1.29, 1.82) is 0 Å². The topological polar surface area (TPSA) is 78.8 Å². The second kappa shape index (κ2) is 3.78. The molecule has 1 saturated heterocycles. The van der Waals surface area contributed by atoms with E-state index >= 15 is 0 Å². The van der Waals surface area contributed by atoms with Gasteiger partial charge in [-0.25, -0.2) is 4.79 Å². The number of nitrogens with one attached hydrogen (secondary N) is 1. The molecule has 1 fully saturated rings. The van der Waals surface area contributed by atoms with E-state index < -0.39 is 18.2 Å². The van der Waals surface area contributed by atoms with Gasteiger partial charge in [0.15, 0.2) is 6.10 Å². The molecule has 80 valence electrons. The summed E-state index contributed by atoms with van der Waals surface area (Å²) in [5, 5.41) is 21.1. The van der Waals surface area contributed by atoms with Gasteiger partial charge in [0.1, 0.15) is 5.75 Å². The number of amides is 1. The zero-order valence-electron chi connectivity index (χ0n) is 7.88. The van der Waals surface area contributed by atoms with E-state index in [1.807, 2.05) is 0 Å². The third-order valence-electron chi connectivity index (χ3n) is 2.34. The highest BCUT2D eigenvalue weighted by Crippen LogP contribution is 2.31. The second-order valence-corrected chi connectivity index (χ2v) is 3.32. The van der Waals surface area contributed by atoms with Gasteiger partial charge < -0.3 is 20.3 Å². The number of aromatic hydroxyl groups is 1. The molecule has 2 rings (SSSR count). The van der Waals surface area contributed by atoms with Crippen LogP contribution in [0.3, 0.4) is 0 Å². The summed E-state index contributed by atoms with van der Waals surface area (Å²) >= 11 is 0. The Bertz CT molecular complexity index is 379. The molecule has 2 atom stereocenters. The standard InChI is InChI=1S/C10H11NO4/c12-5-7-9(15-10(14)11-7)6-3-1-2-4-8(6)13/h1-4,7,9,12-13H,5H2,(H,11,14). The highest BCUT2D eigenvalue weighted by atomic mass is 16.6. The summed E-state index contributed by atoms with van der Waals surface area (Å²) in [6, 6.07) is 6.07. The predicted octanol–water partition coefficient (Wildman–Crippen LogP) is 0.534. The number of benzene rings is 1. The van der Waals surface area contributed by atoms with Crippen molar-refractivity contribution in [2.45, 2.75) is 12.1 Å². The molecule has 0 aromatic heterocycles. The van der Waals surface area contributed by atoms with Crippen molar-refractivity contribution >= 4 is 6.09 Å². The first-order chi connectivity index (χ1) is 7.22. The van der Waals surface area contributed by atoms with Crippen LogP contribution in [0.25, 0.3) is 0 Å². The number of hydrogen-bond acceptors (Lipinski definition) is 4. The molecule has 5 nitrogen and oxygen atoms in total. The minimum atomic E-state index is -0.635. The van der Waals surface area contributed by atoms with Gasteiger partial charge in [0.25, 0.3) is 0 Å².